The number of rotatable bonds is 7. The Kier molecular flexibility index (Phi) is 5.88. The number of nitrogens with one attached hydrogen (secondary N) is 2. The van der Waals surface area contributed by atoms with Crippen molar-refractivity contribution >= 4 is 5.96 Å². The zero-order valence-corrected chi connectivity index (χ0v) is 11.7. The van der Waals surface area contributed by atoms with E-state index in [1.165, 1.54) is 12.8 Å². The first-order valence-corrected chi connectivity index (χ1v) is 7.32. The number of guanidine groups is 1. The molecule has 6 nitrogen and oxygen atoms in total. The molecule has 2 atom stereocenters. The first-order chi connectivity index (χ1) is 9.35. The lowest BCUT2D eigenvalue weighted by Gasteiger charge is -2.21. The Morgan fingerprint density at radius 3 is 2.95 bits per heavy atom. The van der Waals surface area contributed by atoms with E-state index in [0.717, 1.165) is 38.6 Å². The van der Waals surface area contributed by atoms with Crippen LogP contribution in [0.25, 0.3) is 0 Å². The van der Waals surface area contributed by atoms with Crippen molar-refractivity contribution in [3.05, 3.63) is 0 Å². The van der Waals surface area contributed by atoms with Crippen LogP contribution in [0.1, 0.15) is 32.6 Å². The zero-order valence-electron chi connectivity index (χ0n) is 11.7. The van der Waals surface area contributed by atoms with Gasteiger partial charge in [-0.15, -0.1) is 0 Å². The van der Waals surface area contributed by atoms with Crippen LogP contribution in [0.2, 0.25) is 0 Å². The minimum absolute atomic E-state index is 0.335. The largest absolute Gasteiger partial charge is 0.382 e. The standard InChI is InChI=1S/C13H26N4O2/c1-2-18-8-3-7-15-13(17-14)16-11-6-9-19-12(11)10-4-5-10/h10-12H,2-9,14H2,1H3,(H2,15,16,17). The predicted molar refractivity (Wildman–Crippen MR) is 74.7 cm³/mol. The number of aliphatic imine (C=N–C) groups is 1. The van der Waals surface area contributed by atoms with Crippen LogP contribution in [0.5, 0.6) is 0 Å². The Labute approximate surface area is 115 Å². The van der Waals surface area contributed by atoms with E-state index < -0.39 is 0 Å². The Hall–Kier alpha value is -0.850. The summed E-state index contributed by atoms with van der Waals surface area (Å²) in [5.74, 6) is 6.91. The van der Waals surface area contributed by atoms with Crippen molar-refractivity contribution < 1.29 is 9.47 Å². The smallest absolute Gasteiger partial charge is 0.206 e. The molecular formula is C13H26N4O2. The van der Waals surface area contributed by atoms with Gasteiger partial charge in [-0.2, -0.15) is 0 Å². The molecule has 2 fully saturated rings. The molecule has 1 aliphatic heterocycles. The zero-order chi connectivity index (χ0) is 13.5. The SMILES string of the molecule is CCOCCCN=C(NN)NC1CCOC1C1CC1. The van der Waals surface area contributed by atoms with Gasteiger partial charge >= 0.3 is 0 Å². The van der Waals surface area contributed by atoms with E-state index in [2.05, 4.69) is 15.7 Å². The maximum absolute atomic E-state index is 5.79. The fraction of sp³-hybridized carbons (Fsp3) is 0.923. The molecule has 110 valence electrons. The lowest BCUT2D eigenvalue weighted by atomic mass is 10.1. The lowest BCUT2D eigenvalue weighted by molar-refractivity contribution is 0.0841. The molecule has 0 aromatic rings. The highest BCUT2D eigenvalue weighted by Gasteiger charge is 2.40. The van der Waals surface area contributed by atoms with Gasteiger partial charge in [0.25, 0.3) is 0 Å². The van der Waals surface area contributed by atoms with E-state index >= 15 is 0 Å². The van der Waals surface area contributed by atoms with Crippen molar-refractivity contribution in [2.75, 3.05) is 26.4 Å². The average Bonchev–Trinajstić information content (AvgIpc) is 3.17. The Bertz CT molecular complexity index is 294. The van der Waals surface area contributed by atoms with Gasteiger partial charge in [0, 0.05) is 26.4 Å². The summed E-state index contributed by atoms with van der Waals surface area (Å²) in [6.45, 7) is 5.05. The van der Waals surface area contributed by atoms with Crippen LogP contribution in [-0.4, -0.2) is 44.5 Å². The Balaban J connectivity index is 1.72. The van der Waals surface area contributed by atoms with Gasteiger partial charge in [-0.3, -0.25) is 10.4 Å². The van der Waals surface area contributed by atoms with Gasteiger partial charge < -0.3 is 14.8 Å². The van der Waals surface area contributed by atoms with Crippen LogP contribution in [0.3, 0.4) is 0 Å². The molecule has 1 heterocycles. The molecule has 0 bridgehead atoms. The molecule has 1 aliphatic carbocycles. The summed E-state index contributed by atoms with van der Waals surface area (Å²) in [6.07, 6.45) is 4.86. The monoisotopic (exact) mass is 270 g/mol. The average molecular weight is 270 g/mol. The maximum Gasteiger partial charge on any atom is 0.206 e. The van der Waals surface area contributed by atoms with Crippen LogP contribution < -0.4 is 16.6 Å². The molecule has 0 aromatic carbocycles. The highest BCUT2D eigenvalue weighted by atomic mass is 16.5. The number of nitrogens with two attached hydrogens (primary N) is 1. The van der Waals surface area contributed by atoms with Gasteiger partial charge in [0.05, 0.1) is 12.1 Å². The van der Waals surface area contributed by atoms with E-state index in [1.807, 2.05) is 6.92 Å². The van der Waals surface area contributed by atoms with Crippen molar-refractivity contribution in [1.29, 1.82) is 0 Å². The minimum atomic E-state index is 0.335. The number of hydrogen-bond donors (Lipinski definition) is 3. The van der Waals surface area contributed by atoms with E-state index in [0.29, 0.717) is 24.7 Å². The van der Waals surface area contributed by atoms with Crippen molar-refractivity contribution in [3.8, 4) is 0 Å². The van der Waals surface area contributed by atoms with E-state index in [-0.39, 0.29) is 0 Å². The molecule has 0 spiro atoms. The molecule has 2 rings (SSSR count). The summed E-state index contributed by atoms with van der Waals surface area (Å²) in [6, 6.07) is 0.342. The second-order valence-electron chi connectivity index (χ2n) is 5.14. The van der Waals surface area contributed by atoms with Gasteiger partial charge in [0.15, 0.2) is 0 Å². The molecule has 19 heavy (non-hydrogen) atoms. The van der Waals surface area contributed by atoms with Crippen LogP contribution >= 0.6 is 0 Å². The van der Waals surface area contributed by atoms with Gasteiger partial charge in [0.1, 0.15) is 0 Å². The highest BCUT2D eigenvalue weighted by molar-refractivity contribution is 5.79. The minimum Gasteiger partial charge on any atom is -0.382 e. The molecule has 0 aromatic heterocycles. The second-order valence-corrected chi connectivity index (χ2v) is 5.14. The molecule has 4 N–H and O–H groups in total. The number of hydrazine groups is 1. The van der Waals surface area contributed by atoms with E-state index in [1.54, 1.807) is 0 Å². The molecule has 1 saturated heterocycles. The van der Waals surface area contributed by atoms with Crippen molar-refractivity contribution in [2.24, 2.45) is 16.8 Å². The topological polar surface area (TPSA) is 80.9 Å². The number of ether oxygens (including phenoxy) is 2. The molecular weight excluding hydrogens is 244 g/mol. The van der Waals surface area contributed by atoms with Crippen LogP contribution in [0, 0.1) is 5.92 Å². The third-order valence-electron chi connectivity index (χ3n) is 3.60. The van der Waals surface area contributed by atoms with Gasteiger partial charge in [-0.1, -0.05) is 0 Å². The van der Waals surface area contributed by atoms with Crippen molar-refractivity contribution in [3.63, 3.8) is 0 Å². The van der Waals surface area contributed by atoms with Crippen molar-refractivity contribution in [1.82, 2.24) is 10.7 Å². The highest BCUT2D eigenvalue weighted by Crippen LogP contribution is 2.38. The number of nitrogens with zero attached hydrogens (tertiary/aromatic N) is 1. The fourth-order valence-corrected chi connectivity index (χ4v) is 2.47. The molecule has 6 heteroatoms. The van der Waals surface area contributed by atoms with Crippen molar-refractivity contribution in [2.45, 2.75) is 44.8 Å². The molecule has 1 saturated carbocycles. The van der Waals surface area contributed by atoms with Gasteiger partial charge in [-0.05, 0) is 38.5 Å². The number of hydrogen-bond acceptors (Lipinski definition) is 4. The quantitative estimate of drug-likeness (QED) is 0.205. The first-order valence-electron chi connectivity index (χ1n) is 7.32. The van der Waals surface area contributed by atoms with E-state index in [4.69, 9.17) is 15.3 Å². The van der Waals surface area contributed by atoms with Crippen LogP contribution in [0.4, 0.5) is 0 Å². The summed E-state index contributed by atoms with van der Waals surface area (Å²) in [7, 11) is 0. The summed E-state index contributed by atoms with van der Waals surface area (Å²) in [4.78, 5) is 4.43. The normalized spacial score (nSPS) is 27.6. The molecule has 0 radical (unpaired) electrons. The first kappa shape index (κ1) is 14.6. The molecule has 0 amide bonds. The summed E-state index contributed by atoms with van der Waals surface area (Å²) in [5, 5.41) is 3.38. The lowest BCUT2D eigenvalue weighted by Crippen LogP contribution is -2.49. The Morgan fingerprint density at radius 2 is 2.26 bits per heavy atom. The molecule has 2 unspecified atom stereocenters. The third-order valence-corrected chi connectivity index (χ3v) is 3.60. The van der Waals surface area contributed by atoms with Gasteiger partial charge in [-0.25, -0.2) is 5.84 Å². The van der Waals surface area contributed by atoms with E-state index in [9.17, 15) is 0 Å². The predicted octanol–water partition coefficient (Wildman–Crippen LogP) is 0.389. The van der Waals surface area contributed by atoms with Crippen LogP contribution in [0.15, 0.2) is 4.99 Å². The van der Waals surface area contributed by atoms with Gasteiger partial charge in [0.2, 0.25) is 5.96 Å². The third kappa shape index (κ3) is 4.63. The fourth-order valence-electron chi connectivity index (χ4n) is 2.47. The maximum atomic E-state index is 5.79. The summed E-state index contributed by atoms with van der Waals surface area (Å²) < 4.78 is 11.1. The Morgan fingerprint density at radius 1 is 1.42 bits per heavy atom. The second kappa shape index (κ2) is 7.67. The summed E-state index contributed by atoms with van der Waals surface area (Å²) in [5.41, 5.74) is 2.64. The molecule has 2 aliphatic rings. The van der Waals surface area contributed by atoms with Crippen LogP contribution in [-0.2, 0) is 9.47 Å². The summed E-state index contributed by atoms with van der Waals surface area (Å²) >= 11 is 0.